The largest absolute Gasteiger partial charge is 0.481 e. The van der Waals surface area contributed by atoms with Crippen LogP contribution in [0.5, 0.6) is 0 Å². The zero-order valence-corrected chi connectivity index (χ0v) is 18.7. The topological polar surface area (TPSA) is 140 Å². The molecule has 1 aliphatic rings. The highest BCUT2D eigenvalue weighted by molar-refractivity contribution is 7.51. The van der Waals surface area contributed by atoms with Crippen LogP contribution in [0.4, 0.5) is 0 Å². The molecule has 0 bridgehead atoms. The molecular weight excluding hydrogens is 427 g/mol. The lowest BCUT2D eigenvalue weighted by Gasteiger charge is -2.40. The van der Waals surface area contributed by atoms with Crippen LogP contribution < -0.4 is 10.4 Å². The van der Waals surface area contributed by atoms with Crippen LogP contribution >= 0.6 is 7.75 Å². The predicted octanol–water partition coefficient (Wildman–Crippen LogP) is 1.89. The number of benzene rings is 1. The van der Waals surface area contributed by atoms with Gasteiger partial charge in [0.05, 0.1) is 19.6 Å². The standard InChI is InChI=1S/C20H29N2O8P/c1-14(19(26)28-12-10-15-7-5-4-6-8-15)22-31(27)29-13-20(2,3)17(30-31)18(25)21-11-9-16(23)24/h4-8,14,17H,9-13H2,1-3H3,(H,21,25)(H,22,27)(H,23,24)/t14-,17-,31?/m0/s1. The molecule has 31 heavy (non-hydrogen) atoms. The highest BCUT2D eigenvalue weighted by Crippen LogP contribution is 2.53. The molecule has 10 nitrogen and oxygen atoms in total. The fraction of sp³-hybridized carbons (Fsp3) is 0.550. The van der Waals surface area contributed by atoms with E-state index in [2.05, 4.69) is 10.4 Å². The van der Waals surface area contributed by atoms with Crippen molar-refractivity contribution < 1.29 is 37.8 Å². The van der Waals surface area contributed by atoms with E-state index in [0.29, 0.717) is 6.42 Å². The monoisotopic (exact) mass is 456 g/mol. The van der Waals surface area contributed by atoms with E-state index in [-0.39, 0.29) is 26.2 Å². The molecule has 1 heterocycles. The number of carboxylic acid groups (broad SMARTS) is 1. The predicted molar refractivity (Wildman–Crippen MR) is 111 cm³/mol. The molecule has 0 saturated carbocycles. The fourth-order valence-electron chi connectivity index (χ4n) is 2.82. The van der Waals surface area contributed by atoms with Crippen LogP contribution in [0.15, 0.2) is 30.3 Å². The van der Waals surface area contributed by atoms with Gasteiger partial charge in [0.15, 0.2) is 6.10 Å². The quantitative estimate of drug-likeness (QED) is 0.356. The number of nitrogens with one attached hydrogen (secondary N) is 2. The van der Waals surface area contributed by atoms with Crippen molar-refractivity contribution in [3.05, 3.63) is 35.9 Å². The summed E-state index contributed by atoms with van der Waals surface area (Å²) < 4.78 is 29.0. The van der Waals surface area contributed by atoms with Gasteiger partial charge in [-0.15, -0.1) is 0 Å². The molecule has 3 atom stereocenters. The van der Waals surface area contributed by atoms with Crippen molar-refractivity contribution in [1.29, 1.82) is 0 Å². The molecule has 1 amide bonds. The van der Waals surface area contributed by atoms with Crippen LogP contribution in [0.25, 0.3) is 0 Å². The van der Waals surface area contributed by atoms with Gasteiger partial charge in [-0.05, 0) is 12.5 Å². The Morgan fingerprint density at radius 3 is 2.61 bits per heavy atom. The van der Waals surface area contributed by atoms with Crippen molar-refractivity contribution >= 4 is 25.6 Å². The lowest BCUT2D eigenvalue weighted by atomic mass is 9.87. The molecule has 1 fully saturated rings. The first-order valence-corrected chi connectivity index (χ1v) is 11.5. The van der Waals surface area contributed by atoms with Crippen molar-refractivity contribution in [2.45, 2.75) is 45.8 Å². The van der Waals surface area contributed by atoms with Crippen molar-refractivity contribution in [3.63, 3.8) is 0 Å². The van der Waals surface area contributed by atoms with E-state index in [1.54, 1.807) is 13.8 Å². The number of amides is 1. The van der Waals surface area contributed by atoms with E-state index in [4.69, 9.17) is 18.9 Å². The molecule has 2 rings (SSSR count). The summed E-state index contributed by atoms with van der Waals surface area (Å²) in [6.45, 7) is 4.84. The van der Waals surface area contributed by atoms with Crippen LogP contribution in [0.3, 0.4) is 0 Å². The zero-order valence-electron chi connectivity index (χ0n) is 17.8. The average molecular weight is 456 g/mol. The van der Waals surface area contributed by atoms with Gasteiger partial charge in [0, 0.05) is 18.4 Å². The van der Waals surface area contributed by atoms with Gasteiger partial charge in [-0.1, -0.05) is 44.2 Å². The Labute approximate surface area is 181 Å². The van der Waals surface area contributed by atoms with E-state index in [1.165, 1.54) is 6.92 Å². The second-order valence-corrected chi connectivity index (χ2v) is 9.66. The van der Waals surface area contributed by atoms with Gasteiger partial charge in [-0.3, -0.25) is 23.4 Å². The molecule has 1 saturated heterocycles. The highest BCUT2D eigenvalue weighted by atomic mass is 31.2. The minimum atomic E-state index is -3.98. The number of rotatable bonds is 10. The third-order valence-corrected chi connectivity index (χ3v) is 6.28. The first-order chi connectivity index (χ1) is 14.5. The number of ether oxygens (including phenoxy) is 1. The molecule has 1 aromatic rings. The molecule has 0 aliphatic carbocycles. The second kappa shape index (κ2) is 10.9. The van der Waals surface area contributed by atoms with Crippen LogP contribution in [0, 0.1) is 5.41 Å². The smallest absolute Gasteiger partial charge is 0.407 e. The molecule has 11 heteroatoms. The number of hydrogen-bond donors (Lipinski definition) is 3. The molecule has 0 spiro atoms. The summed E-state index contributed by atoms with van der Waals surface area (Å²) in [5.74, 6) is -2.29. The second-order valence-electron chi connectivity index (χ2n) is 7.93. The number of hydrogen-bond acceptors (Lipinski definition) is 7. The molecule has 0 aromatic heterocycles. The highest BCUT2D eigenvalue weighted by Gasteiger charge is 2.48. The summed E-state index contributed by atoms with van der Waals surface area (Å²) in [5, 5.41) is 13.7. The molecule has 1 aromatic carbocycles. The summed E-state index contributed by atoms with van der Waals surface area (Å²) in [5.41, 5.74) is 0.198. The Bertz CT molecular complexity index is 830. The first kappa shape index (κ1) is 25.0. The van der Waals surface area contributed by atoms with Crippen molar-refractivity contribution in [2.75, 3.05) is 19.8 Å². The summed E-state index contributed by atoms with van der Waals surface area (Å²) in [4.78, 5) is 35.3. The molecule has 1 aliphatic heterocycles. The van der Waals surface area contributed by atoms with E-state index < -0.39 is 43.2 Å². The number of carbonyl (C=O) groups is 3. The van der Waals surface area contributed by atoms with E-state index >= 15 is 0 Å². The SMILES string of the molecule is C[C@H](NP1(=O)OCC(C)(C)[C@H](C(=O)NCCC(=O)O)O1)C(=O)OCCc1ccccc1. The Morgan fingerprint density at radius 1 is 1.29 bits per heavy atom. The lowest BCUT2D eigenvalue weighted by Crippen LogP contribution is -2.51. The normalized spacial score (nSPS) is 23.5. The maximum Gasteiger partial charge on any atom is 0.407 e. The van der Waals surface area contributed by atoms with Crippen LogP contribution in [0.1, 0.15) is 32.8 Å². The van der Waals surface area contributed by atoms with E-state index in [0.717, 1.165) is 5.56 Å². The Hall–Kier alpha value is -2.26. The van der Waals surface area contributed by atoms with Crippen molar-refractivity contribution in [2.24, 2.45) is 5.41 Å². The van der Waals surface area contributed by atoms with Crippen molar-refractivity contribution in [1.82, 2.24) is 10.4 Å². The van der Waals surface area contributed by atoms with Gasteiger partial charge in [0.1, 0.15) is 6.04 Å². The van der Waals surface area contributed by atoms with Gasteiger partial charge in [0.25, 0.3) is 0 Å². The Kier molecular flexibility index (Phi) is 8.76. The van der Waals surface area contributed by atoms with Gasteiger partial charge in [-0.2, -0.15) is 0 Å². The van der Waals surface area contributed by atoms with Gasteiger partial charge >= 0.3 is 19.7 Å². The minimum Gasteiger partial charge on any atom is -0.481 e. The molecular formula is C20H29N2O8P. The maximum absolute atomic E-state index is 13.0. The van der Waals surface area contributed by atoms with Crippen LogP contribution in [0.2, 0.25) is 0 Å². The average Bonchev–Trinajstić information content (AvgIpc) is 2.70. The lowest BCUT2D eigenvalue weighted by molar-refractivity contribution is -0.145. The van der Waals surface area contributed by atoms with E-state index in [9.17, 15) is 18.9 Å². The Balaban J connectivity index is 1.90. The van der Waals surface area contributed by atoms with Crippen LogP contribution in [-0.4, -0.2) is 54.9 Å². The van der Waals surface area contributed by atoms with Gasteiger partial charge < -0.3 is 15.2 Å². The fourth-order valence-corrected chi connectivity index (χ4v) is 4.76. The number of aliphatic carboxylic acids is 1. The minimum absolute atomic E-state index is 0.0654. The third kappa shape index (κ3) is 7.74. The molecule has 3 N–H and O–H groups in total. The van der Waals surface area contributed by atoms with Gasteiger partial charge in [-0.25, -0.2) is 9.65 Å². The Morgan fingerprint density at radius 2 is 1.97 bits per heavy atom. The maximum atomic E-state index is 13.0. The third-order valence-electron chi connectivity index (χ3n) is 4.62. The number of esters is 1. The van der Waals surface area contributed by atoms with Crippen molar-refractivity contribution in [3.8, 4) is 0 Å². The number of carboxylic acids is 1. The number of carbonyl (C=O) groups excluding carboxylic acids is 2. The summed E-state index contributed by atoms with van der Waals surface area (Å²) in [6.07, 6.45) is -0.872. The first-order valence-electron chi connectivity index (χ1n) is 9.93. The summed E-state index contributed by atoms with van der Waals surface area (Å²) in [7, 11) is -3.98. The van der Waals surface area contributed by atoms with E-state index in [1.807, 2.05) is 30.3 Å². The van der Waals surface area contributed by atoms with Crippen LogP contribution in [-0.2, 0) is 39.2 Å². The summed E-state index contributed by atoms with van der Waals surface area (Å²) in [6, 6.07) is 8.51. The molecule has 1 unspecified atom stereocenters. The van der Waals surface area contributed by atoms with Gasteiger partial charge in [0.2, 0.25) is 5.91 Å². The summed E-state index contributed by atoms with van der Waals surface area (Å²) >= 11 is 0. The molecule has 172 valence electrons. The molecule has 0 radical (unpaired) electrons. The zero-order chi connectivity index (χ0) is 23.1.